The van der Waals surface area contributed by atoms with Crippen molar-refractivity contribution < 1.29 is 4.74 Å². The minimum Gasteiger partial charge on any atom is -0.493 e. The van der Waals surface area contributed by atoms with Crippen molar-refractivity contribution in [1.82, 2.24) is 0 Å². The van der Waals surface area contributed by atoms with Crippen LogP contribution in [-0.4, -0.2) is 6.61 Å². The lowest BCUT2D eigenvalue weighted by Gasteiger charge is -2.38. The van der Waals surface area contributed by atoms with E-state index in [1.807, 2.05) is 0 Å². The van der Waals surface area contributed by atoms with Crippen LogP contribution in [-0.2, 0) is 5.41 Å². The minimum absolute atomic E-state index is 0.435. The molecule has 2 rings (SSSR count). The molecule has 1 aromatic rings. The van der Waals surface area contributed by atoms with E-state index in [2.05, 4.69) is 39.0 Å². The second kappa shape index (κ2) is 15.8. The minimum atomic E-state index is 0.435. The summed E-state index contributed by atoms with van der Waals surface area (Å²) in [7, 11) is 0. The summed E-state index contributed by atoms with van der Waals surface area (Å²) in [6.07, 6.45) is 26.2. The van der Waals surface area contributed by atoms with Crippen LogP contribution in [0.4, 0.5) is 0 Å². The van der Waals surface area contributed by atoms with Gasteiger partial charge in [0.1, 0.15) is 5.75 Å². The summed E-state index contributed by atoms with van der Waals surface area (Å²) in [6.45, 7) is 7.71. The van der Waals surface area contributed by atoms with Gasteiger partial charge in [-0.1, -0.05) is 122 Å². The zero-order chi connectivity index (χ0) is 22.2. The highest BCUT2D eigenvalue weighted by Gasteiger charge is 2.33. The van der Waals surface area contributed by atoms with Gasteiger partial charge >= 0.3 is 0 Å². The van der Waals surface area contributed by atoms with E-state index >= 15 is 0 Å². The molecule has 0 aliphatic heterocycles. The molecule has 1 aromatic carbocycles. The topological polar surface area (TPSA) is 9.23 Å². The van der Waals surface area contributed by atoms with Gasteiger partial charge in [0.15, 0.2) is 0 Å². The third-order valence-corrected chi connectivity index (χ3v) is 7.61. The Balaban J connectivity index is 1.84. The molecule has 0 atom stereocenters. The number of ether oxygens (including phenoxy) is 1. The van der Waals surface area contributed by atoms with Crippen molar-refractivity contribution in [1.29, 1.82) is 0 Å². The Bertz CT molecular complexity index is 570. The van der Waals surface area contributed by atoms with E-state index in [4.69, 9.17) is 4.74 Å². The highest BCUT2D eigenvalue weighted by atomic mass is 16.5. The van der Waals surface area contributed by atoms with E-state index < -0.39 is 0 Å². The Labute approximate surface area is 194 Å². The molecule has 0 amide bonds. The largest absolute Gasteiger partial charge is 0.493 e. The maximum Gasteiger partial charge on any atom is 0.122 e. The Kier molecular flexibility index (Phi) is 13.4. The molecule has 1 heteroatoms. The van der Waals surface area contributed by atoms with Crippen LogP contribution in [0, 0.1) is 6.92 Å². The molecule has 1 aliphatic rings. The Morgan fingerprint density at radius 1 is 0.710 bits per heavy atom. The molecule has 0 aromatic heterocycles. The standard InChI is InChI=1S/C30H52O/c1-4-6-8-10-12-13-16-22-30(23-17-15-18-24-30)28-20-21-29(27(3)26-28)31-25-19-14-11-9-7-5-2/h20-21,26H,4-19,22-25H2,1-3H3. The summed E-state index contributed by atoms with van der Waals surface area (Å²) >= 11 is 0. The van der Waals surface area contributed by atoms with Crippen LogP contribution in [0.1, 0.15) is 147 Å². The molecule has 0 radical (unpaired) electrons. The van der Waals surface area contributed by atoms with Gasteiger partial charge in [-0.05, 0) is 55.2 Å². The summed E-state index contributed by atoms with van der Waals surface area (Å²) in [4.78, 5) is 0. The molecular weight excluding hydrogens is 376 g/mol. The predicted octanol–water partition coefficient (Wildman–Crippen LogP) is 10.1. The summed E-state index contributed by atoms with van der Waals surface area (Å²) in [5.74, 6) is 1.11. The molecule has 0 heterocycles. The first-order chi connectivity index (χ1) is 15.2. The quantitative estimate of drug-likeness (QED) is 0.224. The Hall–Kier alpha value is -0.980. The second-order valence-electron chi connectivity index (χ2n) is 10.3. The molecule has 31 heavy (non-hydrogen) atoms. The number of hydrogen-bond donors (Lipinski definition) is 0. The van der Waals surface area contributed by atoms with Gasteiger partial charge in [0, 0.05) is 0 Å². The number of hydrogen-bond acceptors (Lipinski definition) is 1. The van der Waals surface area contributed by atoms with Gasteiger partial charge in [0.25, 0.3) is 0 Å². The Morgan fingerprint density at radius 2 is 1.29 bits per heavy atom. The van der Waals surface area contributed by atoms with Crippen molar-refractivity contribution in [3.63, 3.8) is 0 Å². The molecule has 0 N–H and O–H groups in total. The average molecular weight is 429 g/mol. The lowest BCUT2D eigenvalue weighted by Crippen LogP contribution is -2.29. The van der Waals surface area contributed by atoms with Crippen LogP contribution >= 0.6 is 0 Å². The van der Waals surface area contributed by atoms with Gasteiger partial charge in [-0.25, -0.2) is 0 Å². The molecular formula is C30H52O. The first-order valence-corrected chi connectivity index (χ1v) is 14.0. The summed E-state index contributed by atoms with van der Waals surface area (Å²) in [5, 5.41) is 0. The maximum atomic E-state index is 6.16. The third-order valence-electron chi connectivity index (χ3n) is 7.61. The van der Waals surface area contributed by atoms with Gasteiger partial charge in [-0.3, -0.25) is 0 Å². The number of benzene rings is 1. The molecule has 0 unspecified atom stereocenters. The highest BCUT2D eigenvalue weighted by Crippen LogP contribution is 2.44. The molecule has 1 saturated carbocycles. The number of aryl methyl sites for hydroxylation is 1. The first-order valence-electron chi connectivity index (χ1n) is 14.0. The number of rotatable bonds is 17. The molecule has 1 nitrogen and oxygen atoms in total. The zero-order valence-electron chi connectivity index (χ0n) is 21.3. The van der Waals surface area contributed by atoms with E-state index in [1.54, 1.807) is 5.56 Å². The van der Waals surface area contributed by atoms with Crippen LogP contribution in [0.2, 0.25) is 0 Å². The van der Waals surface area contributed by atoms with E-state index in [9.17, 15) is 0 Å². The van der Waals surface area contributed by atoms with Crippen LogP contribution in [0.15, 0.2) is 18.2 Å². The van der Waals surface area contributed by atoms with Crippen molar-refractivity contribution in [3.8, 4) is 5.75 Å². The molecule has 178 valence electrons. The summed E-state index contributed by atoms with van der Waals surface area (Å²) < 4.78 is 6.16. The Morgan fingerprint density at radius 3 is 1.90 bits per heavy atom. The molecule has 0 bridgehead atoms. The van der Waals surface area contributed by atoms with Crippen molar-refractivity contribution in [2.45, 2.75) is 148 Å². The first kappa shape index (κ1) is 26.3. The van der Waals surface area contributed by atoms with Crippen LogP contribution in [0.25, 0.3) is 0 Å². The van der Waals surface area contributed by atoms with Gasteiger partial charge in [0.05, 0.1) is 6.61 Å². The summed E-state index contributed by atoms with van der Waals surface area (Å²) in [6, 6.07) is 7.17. The van der Waals surface area contributed by atoms with Gasteiger partial charge in [-0.2, -0.15) is 0 Å². The zero-order valence-corrected chi connectivity index (χ0v) is 21.3. The average Bonchev–Trinajstić information content (AvgIpc) is 2.79. The lowest BCUT2D eigenvalue weighted by atomic mass is 9.66. The SMILES string of the molecule is CCCCCCCCCC1(c2ccc(OCCCCCCCC)c(C)c2)CCCCC1. The number of unbranched alkanes of at least 4 members (excludes halogenated alkanes) is 11. The van der Waals surface area contributed by atoms with E-state index in [-0.39, 0.29) is 0 Å². The fourth-order valence-electron chi connectivity index (χ4n) is 5.54. The molecule has 0 spiro atoms. The molecule has 1 fully saturated rings. The summed E-state index contributed by atoms with van der Waals surface area (Å²) in [5.41, 5.74) is 3.38. The van der Waals surface area contributed by atoms with Crippen molar-refractivity contribution in [2.75, 3.05) is 6.61 Å². The molecule has 0 saturated heterocycles. The molecule has 1 aliphatic carbocycles. The second-order valence-corrected chi connectivity index (χ2v) is 10.3. The monoisotopic (exact) mass is 428 g/mol. The maximum absolute atomic E-state index is 6.16. The van der Waals surface area contributed by atoms with E-state index in [0.29, 0.717) is 5.41 Å². The van der Waals surface area contributed by atoms with Crippen LogP contribution < -0.4 is 4.74 Å². The van der Waals surface area contributed by atoms with Gasteiger partial charge in [0.2, 0.25) is 0 Å². The fraction of sp³-hybridized carbons (Fsp3) is 0.800. The van der Waals surface area contributed by atoms with Crippen molar-refractivity contribution >= 4 is 0 Å². The van der Waals surface area contributed by atoms with E-state index in [1.165, 1.54) is 128 Å². The smallest absolute Gasteiger partial charge is 0.122 e. The fourth-order valence-corrected chi connectivity index (χ4v) is 5.54. The predicted molar refractivity (Wildman–Crippen MR) is 137 cm³/mol. The lowest BCUT2D eigenvalue weighted by molar-refractivity contribution is 0.264. The van der Waals surface area contributed by atoms with Gasteiger partial charge in [-0.15, -0.1) is 0 Å². The van der Waals surface area contributed by atoms with Crippen LogP contribution in [0.5, 0.6) is 5.75 Å². The van der Waals surface area contributed by atoms with Crippen molar-refractivity contribution in [3.05, 3.63) is 29.3 Å². The van der Waals surface area contributed by atoms with Crippen LogP contribution in [0.3, 0.4) is 0 Å². The van der Waals surface area contributed by atoms with Gasteiger partial charge < -0.3 is 4.74 Å². The highest BCUT2D eigenvalue weighted by molar-refractivity contribution is 5.39. The normalized spacial score (nSPS) is 15.8. The van der Waals surface area contributed by atoms with E-state index in [0.717, 1.165) is 12.4 Å². The van der Waals surface area contributed by atoms with Crippen molar-refractivity contribution in [2.24, 2.45) is 0 Å². The third kappa shape index (κ3) is 9.58.